The Bertz CT molecular complexity index is 464. The SMILES string of the molecule is Cc1cc(C)cc(N(C)C(=O)C2CCCCCC2N)c1. The van der Waals surface area contributed by atoms with Gasteiger partial charge in [-0.1, -0.05) is 25.3 Å². The Hall–Kier alpha value is -1.35. The minimum Gasteiger partial charge on any atom is -0.327 e. The Kier molecular flexibility index (Phi) is 4.81. The van der Waals surface area contributed by atoms with E-state index in [1.165, 1.54) is 17.5 Å². The van der Waals surface area contributed by atoms with E-state index in [1.54, 1.807) is 4.90 Å². The number of anilines is 1. The molecule has 1 aliphatic rings. The maximum absolute atomic E-state index is 12.7. The zero-order valence-electron chi connectivity index (χ0n) is 12.9. The second kappa shape index (κ2) is 6.40. The van der Waals surface area contributed by atoms with Gasteiger partial charge in [0.05, 0.1) is 5.92 Å². The fraction of sp³-hybridized carbons (Fsp3) is 0.588. The highest BCUT2D eigenvalue weighted by Gasteiger charge is 2.29. The van der Waals surface area contributed by atoms with Crippen LogP contribution >= 0.6 is 0 Å². The molecule has 2 N–H and O–H groups in total. The van der Waals surface area contributed by atoms with E-state index in [2.05, 4.69) is 32.0 Å². The van der Waals surface area contributed by atoms with E-state index in [4.69, 9.17) is 5.73 Å². The third kappa shape index (κ3) is 3.40. The fourth-order valence-electron chi connectivity index (χ4n) is 3.16. The normalized spacial score (nSPS) is 23.2. The van der Waals surface area contributed by atoms with Crippen molar-refractivity contribution >= 4 is 11.6 Å². The molecule has 0 heterocycles. The maximum Gasteiger partial charge on any atom is 0.231 e. The summed E-state index contributed by atoms with van der Waals surface area (Å²) < 4.78 is 0. The van der Waals surface area contributed by atoms with Crippen LogP contribution in [0.4, 0.5) is 5.69 Å². The molecule has 2 unspecified atom stereocenters. The number of carbonyl (C=O) groups excluding carboxylic acids is 1. The van der Waals surface area contributed by atoms with Crippen LogP contribution < -0.4 is 10.6 Å². The molecule has 0 spiro atoms. The number of benzene rings is 1. The van der Waals surface area contributed by atoms with Gasteiger partial charge in [-0.25, -0.2) is 0 Å². The number of amides is 1. The molecular weight excluding hydrogens is 248 g/mol. The third-order valence-electron chi connectivity index (χ3n) is 4.31. The molecule has 2 rings (SSSR count). The Balaban J connectivity index is 2.18. The van der Waals surface area contributed by atoms with Gasteiger partial charge >= 0.3 is 0 Å². The predicted molar refractivity (Wildman–Crippen MR) is 83.9 cm³/mol. The summed E-state index contributed by atoms with van der Waals surface area (Å²) in [5, 5.41) is 0. The van der Waals surface area contributed by atoms with Crippen LogP contribution in [0.15, 0.2) is 18.2 Å². The summed E-state index contributed by atoms with van der Waals surface area (Å²) in [4.78, 5) is 14.5. The molecule has 0 saturated heterocycles. The van der Waals surface area contributed by atoms with Crippen molar-refractivity contribution in [3.8, 4) is 0 Å². The Morgan fingerprint density at radius 2 is 1.70 bits per heavy atom. The highest BCUT2D eigenvalue weighted by Crippen LogP contribution is 2.26. The molecule has 0 radical (unpaired) electrons. The van der Waals surface area contributed by atoms with E-state index in [0.29, 0.717) is 0 Å². The van der Waals surface area contributed by atoms with Crippen molar-refractivity contribution in [2.24, 2.45) is 11.7 Å². The first-order valence-corrected chi connectivity index (χ1v) is 7.60. The van der Waals surface area contributed by atoms with Crippen molar-refractivity contribution < 1.29 is 4.79 Å². The Morgan fingerprint density at radius 1 is 1.10 bits per heavy atom. The van der Waals surface area contributed by atoms with Crippen LogP contribution in [0.3, 0.4) is 0 Å². The predicted octanol–water partition coefficient (Wildman–Crippen LogP) is 3.17. The number of hydrogen-bond acceptors (Lipinski definition) is 2. The lowest BCUT2D eigenvalue weighted by molar-refractivity contribution is -0.122. The van der Waals surface area contributed by atoms with Gasteiger partial charge < -0.3 is 10.6 Å². The molecule has 0 aromatic heterocycles. The van der Waals surface area contributed by atoms with Gasteiger partial charge in [0.2, 0.25) is 5.91 Å². The minimum absolute atomic E-state index is 0.0124. The molecule has 110 valence electrons. The number of aryl methyl sites for hydroxylation is 2. The molecule has 1 aliphatic carbocycles. The average Bonchev–Trinajstić information content (AvgIpc) is 2.60. The van der Waals surface area contributed by atoms with E-state index in [1.807, 2.05) is 7.05 Å². The number of hydrogen-bond donors (Lipinski definition) is 1. The van der Waals surface area contributed by atoms with Gasteiger partial charge in [0.15, 0.2) is 0 Å². The Labute approximate surface area is 122 Å². The van der Waals surface area contributed by atoms with Crippen molar-refractivity contribution in [3.63, 3.8) is 0 Å². The van der Waals surface area contributed by atoms with E-state index in [0.717, 1.165) is 31.4 Å². The summed E-state index contributed by atoms with van der Waals surface area (Å²) in [7, 11) is 1.87. The molecular formula is C17H26N2O. The zero-order chi connectivity index (χ0) is 14.7. The quantitative estimate of drug-likeness (QED) is 0.842. The first-order valence-electron chi connectivity index (χ1n) is 7.60. The molecule has 2 atom stereocenters. The van der Waals surface area contributed by atoms with Gasteiger partial charge in [-0.15, -0.1) is 0 Å². The first kappa shape index (κ1) is 15.0. The average molecular weight is 274 g/mol. The molecule has 3 heteroatoms. The topological polar surface area (TPSA) is 46.3 Å². The molecule has 1 saturated carbocycles. The molecule has 0 aliphatic heterocycles. The summed E-state index contributed by atoms with van der Waals surface area (Å²) in [5.74, 6) is 0.146. The number of carbonyl (C=O) groups is 1. The number of rotatable bonds is 2. The van der Waals surface area contributed by atoms with Crippen LogP contribution in [0, 0.1) is 19.8 Å². The zero-order valence-corrected chi connectivity index (χ0v) is 12.9. The van der Waals surface area contributed by atoms with Crippen molar-refractivity contribution in [3.05, 3.63) is 29.3 Å². The summed E-state index contributed by atoms with van der Waals surface area (Å²) in [6.45, 7) is 4.12. The van der Waals surface area contributed by atoms with Crippen LogP contribution in [0.25, 0.3) is 0 Å². The lowest BCUT2D eigenvalue weighted by Crippen LogP contribution is -2.42. The van der Waals surface area contributed by atoms with Crippen molar-refractivity contribution in [1.82, 2.24) is 0 Å². The van der Waals surface area contributed by atoms with Gasteiger partial charge in [-0.2, -0.15) is 0 Å². The first-order chi connectivity index (χ1) is 9.49. The lowest BCUT2D eigenvalue weighted by atomic mass is 9.94. The monoisotopic (exact) mass is 274 g/mol. The minimum atomic E-state index is -0.0247. The molecule has 1 aromatic rings. The van der Waals surface area contributed by atoms with Crippen LogP contribution in [0.5, 0.6) is 0 Å². The van der Waals surface area contributed by atoms with Crippen LogP contribution in [-0.2, 0) is 4.79 Å². The van der Waals surface area contributed by atoms with Gasteiger partial charge in [-0.3, -0.25) is 4.79 Å². The highest BCUT2D eigenvalue weighted by atomic mass is 16.2. The van der Waals surface area contributed by atoms with E-state index in [-0.39, 0.29) is 17.9 Å². The second-order valence-electron chi connectivity index (χ2n) is 6.15. The van der Waals surface area contributed by atoms with Crippen molar-refractivity contribution in [2.45, 2.75) is 52.0 Å². The van der Waals surface area contributed by atoms with Gasteiger partial charge in [0, 0.05) is 18.8 Å². The standard InChI is InChI=1S/C17H26N2O/c1-12-9-13(2)11-14(10-12)19(3)17(20)15-7-5-4-6-8-16(15)18/h9-11,15-16H,4-8,18H2,1-3H3. The largest absolute Gasteiger partial charge is 0.327 e. The molecule has 1 fully saturated rings. The summed E-state index contributed by atoms with van der Waals surface area (Å²) >= 11 is 0. The van der Waals surface area contributed by atoms with Gasteiger partial charge in [0.25, 0.3) is 0 Å². The maximum atomic E-state index is 12.7. The number of nitrogens with zero attached hydrogens (tertiary/aromatic N) is 1. The van der Waals surface area contributed by atoms with Crippen LogP contribution in [-0.4, -0.2) is 19.0 Å². The van der Waals surface area contributed by atoms with Crippen LogP contribution in [0.1, 0.15) is 43.2 Å². The highest BCUT2D eigenvalue weighted by molar-refractivity contribution is 5.95. The van der Waals surface area contributed by atoms with Gasteiger partial charge in [-0.05, 0) is 49.9 Å². The Morgan fingerprint density at radius 3 is 2.35 bits per heavy atom. The summed E-state index contributed by atoms with van der Waals surface area (Å²) in [6, 6.07) is 6.26. The van der Waals surface area contributed by atoms with Gasteiger partial charge in [0.1, 0.15) is 0 Å². The number of nitrogens with two attached hydrogens (primary N) is 1. The van der Waals surface area contributed by atoms with E-state index < -0.39 is 0 Å². The third-order valence-corrected chi connectivity index (χ3v) is 4.31. The fourth-order valence-corrected chi connectivity index (χ4v) is 3.16. The smallest absolute Gasteiger partial charge is 0.231 e. The molecule has 20 heavy (non-hydrogen) atoms. The molecule has 1 aromatic carbocycles. The van der Waals surface area contributed by atoms with Crippen molar-refractivity contribution in [1.29, 1.82) is 0 Å². The lowest BCUT2D eigenvalue weighted by Gasteiger charge is -2.27. The summed E-state index contributed by atoms with van der Waals surface area (Å²) in [5.41, 5.74) is 9.55. The van der Waals surface area contributed by atoms with E-state index in [9.17, 15) is 4.79 Å². The molecule has 3 nitrogen and oxygen atoms in total. The van der Waals surface area contributed by atoms with Crippen LogP contribution in [0.2, 0.25) is 0 Å². The molecule has 0 bridgehead atoms. The summed E-state index contributed by atoms with van der Waals surface area (Å²) in [6.07, 6.45) is 5.36. The van der Waals surface area contributed by atoms with Crippen molar-refractivity contribution in [2.75, 3.05) is 11.9 Å². The second-order valence-corrected chi connectivity index (χ2v) is 6.15. The molecule has 1 amide bonds. The van der Waals surface area contributed by atoms with E-state index >= 15 is 0 Å².